The molecule has 1 unspecified atom stereocenters. The van der Waals surface area contributed by atoms with Crippen molar-refractivity contribution in [3.05, 3.63) is 11.9 Å². The highest BCUT2D eigenvalue weighted by Gasteiger charge is 2.22. The van der Waals surface area contributed by atoms with Gasteiger partial charge in [0.25, 0.3) is 0 Å². The topological polar surface area (TPSA) is 41.1 Å². The van der Waals surface area contributed by atoms with Crippen molar-refractivity contribution < 1.29 is 0 Å². The highest BCUT2D eigenvalue weighted by molar-refractivity contribution is 5.59. The van der Waals surface area contributed by atoms with Crippen molar-refractivity contribution in [3.63, 3.8) is 0 Å². The molecular formula is C17H30N4. The molecule has 4 heteroatoms. The van der Waals surface area contributed by atoms with Gasteiger partial charge in [-0.25, -0.2) is 9.97 Å². The molecule has 0 radical (unpaired) electrons. The van der Waals surface area contributed by atoms with E-state index < -0.39 is 0 Å². The molecule has 0 aromatic carbocycles. The van der Waals surface area contributed by atoms with Gasteiger partial charge in [-0.15, -0.1) is 0 Å². The van der Waals surface area contributed by atoms with Crippen LogP contribution < -0.4 is 10.2 Å². The second-order valence-electron chi connectivity index (χ2n) is 6.09. The maximum Gasteiger partial charge on any atom is 0.137 e. The third-order valence-corrected chi connectivity index (χ3v) is 4.29. The SMILES string of the molecule is CCCNc1ncnc(N2CCCCCC2C)c1CCC. The van der Waals surface area contributed by atoms with E-state index in [1.54, 1.807) is 6.33 Å². The Labute approximate surface area is 129 Å². The van der Waals surface area contributed by atoms with Crippen molar-refractivity contribution in [3.8, 4) is 0 Å². The Morgan fingerprint density at radius 3 is 2.81 bits per heavy atom. The van der Waals surface area contributed by atoms with Gasteiger partial charge < -0.3 is 10.2 Å². The van der Waals surface area contributed by atoms with Gasteiger partial charge in [0, 0.05) is 24.7 Å². The first-order valence-electron chi connectivity index (χ1n) is 8.62. The molecule has 1 N–H and O–H groups in total. The molecule has 0 bridgehead atoms. The van der Waals surface area contributed by atoms with Crippen LogP contribution in [0, 0.1) is 0 Å². The summed E-state index contributed by atoms with van der Waals surface area (Å²) in [6, 6.07) is 0.581. The van der Waals surface area contributed by atoms with Gasteiger partial charge in [0.15, 0.2) is 0 Å². The molecule has 1 saturated heterocycles. The van der Waals surface area contributed by atoms with Gasteiger partial charge in [-0.05, 0) is 32.6 Å². The van der Waals surface area contributed by atoms with Gasteiger partial charge in [-0.1, -0.05) is 33.1 Å². The highest BCUT2D eigenvalue weighted by Crippen LogP contribution is 2.29. The van der Waals surface area contributed by atoms with Crippen molar-refractivity contribution in [2.45, 2.75) is 71.8 Å². The zero-order chi connectivity index (χ0) is 15.1. The molecule has 21 heavy (non-hydrogen) atoms. The standard InChI is InChI=1S/C17H30N4/c1-4-9-15-16(18-11-5-2)19-13-20-17(15)21-12-8-6-7-10-14(21)3/h13-14H,4-12H2,1-3H3,(H,18,19,20). The smallest absolute Gasteiger partial charge is 0.137 e. The molecule has 118 valence electrons. The molecule has 1 aliphatic heterocycles. The van der Waals surface area contributed by atoms with Gasteiger partial charge in [-0.2, -0.15) is 0 Å². The first-order chi connectivity index (χ1) is 10.3. The van der Waals surface area contributed by atoms with E-state index in [1.807, 2.05) is 0 Å². The lowest BCUT2D eigenvalue weighted by atomic mass is 10.1. The molecule has 0 saturated carbocycles. The normalized spacial score (nSPS) is 19.4. The van der Waals surface area contributed by atoms with Crippen molar-refractivity contribution in [1.82, 2.24) is 9.97 Å². The average Bonchev–Trinajstić information content (AvgIpc) is 2.71. The molecule has 1 aromatic heterocycles. The Hall–Kier alpha value is -1.32. The van der Waals surface area contributed by atoms with Crippen molar-refractivity contribution >= 4 is 11.6 Å². The Morgan fingerprint density at radius 1 is 1.19 bits per heavy atom. The number of nitrogens with zero attached hydrogens (tertiary/aromatic N) is 3. The van der Waals surface area contributed by atoms with E-state index in [1.165, 1.54) is 37.1 Å². The summed E-state index contributed by atoms with van der Waals surface area (Å²) >= 11 is 0. The lowest BCUT2D eigenvalue weighted by Gasteiger charge is -2.30. The van der Waals surface area contributed by atoms with Gasteiger partial charge in [0.2, 0.25) is 0 Å². The second kappa shape index (κ2) is 8.20. The summed E-state index contributed by atoms with van der Waals surface area (Å²) in [5.41, 5.74) is 1.31. The Morgan fingerprint density at radius 2 is 2.05 bits per heavy atom. The molecule has 2 heterocycles. The Kier molecular flexibility index (Phi) is 6.27. The molecule has 2 rings (SSSR count). The summed E-state index contributed by atoms with van der Waals surface area (Å²) < 4.78 is 0. The van der Waals surface area contributed by atoms with E-state index >= 15 is 0 Å². The van der Waals surface area contributed by atoms with Crippen LogP contribution in [-0.2, 0) is 6.42 Å². The lowest BCUT2D eigenvalue weighted by molar-refractivity contribution is 0.608. The number of nitrogens with one attached hydrogen (secondary N) is 1. The van der Waals surface area contributed by atoms with Crippen LogP contribution in [0.15, 0.2) is 6.33 Å². The molecule has 1 fully saturated rings. The number of hydrogen-bond acceptors (Lipinski definition) is 4. The third-order valence-electron chi connectivity index (χ3n) is 4.29. The van der Waals surface area contributed by atoms with Crippen LogP contribution in [0.5, 0.6) is 0 Å². The summed E-state index contributed by atoms with van der Waals surface area (Å²) in [6.45, 7) is 8.85. The van der Waals surface area contributed by atoms with Crippen molar-refractivity contribution in [2.75, 3.05) is 23.3 Å². The Balaban J connectivity index is 2.31. The number of anilines is 2. The molecule has 0 spiro atoms. The molecule has 1 atom stereocenters. The van der Waals surface area contributed by atoms with E-state index in [9.17, 15) is 0 Å². The predicted molar refractivity (Wildman–Crippen MR) is 90.1 cm³/mol. The second-order valence-corrected chi connectivity index (χ2v) is 6.09. The molecule has 0 amide bonds. The van der Waals surface area contributed by atoms with Crippen LogP contribution in [0.1, 0.15) is 64.9 Å². The Bertz CT molecular complexity index is 433. The van der Waals surface area contributed by atoms with E-state index in [0.717, 1.165) is 38.2 Å². The van der Waals surface area contributed by atoms with E-state index in [0.29, 0.717) is 6.04 Å². The highest BCUT2D eigenvalue weighted by atomic mass is 15.2. The third kappa shape index (κ3) is 4.08. The van der Waals surface area contributed by atoms with E-state index in [-0.39, 0.29) is 0 Å². The van der Waals surface area contributed by atoms with Gasteiger partial charge >= 0.3 is 0 Å². The van der Waals surface area contributed by atoms with Crippen LogP contribution in [-0.4, -0.2) is 29.1 Å². The fourth-order valence-electron chi connectivity index (χ4n) is 3.12. The van der Waals surface area contributed by atoms with Gasteiger partial charge in [-0.3, -0.25) is 0 Å². The number of hydrogen-bond donors (Lipinski definition) is 1. The molecular weight excluding hydrogens is 260 g/mol. The van der Waals surface area contributed by atoms with Crippen molar-refractivity contribution in [1.29, 1.82) is 0 Å². The van der Waals surface area contributed by atoms with Crippen LogP contribution >= 0.6 is 0 Å². The van der Waals surface area contributed by atoms with Crippen molar-refractivity contribution in [2.24, 2.45) is 0 Å². The summed E-state index contributed by atoms with van der Waals surface area (Å²) in [4.78, 5) is 11.7. The molecule has 0 aliphatic carbocycles. The lowest BCUT2D eigenvalue weighted by Crippen LogP contribution is -2.34. The van der Waals surface area contributed by atoms with Gasteiger partial charge in [0.05, 0.1) is 0 Å². The fourth-order valence-corrected chi connectivity index (χ4v) is 3.12. The van der Waals surface area contributed by atoms with Crippen LogP contribution in [0.3, 0.4) is 0 Å². The minimum atomic E-state index is 0.581. The van der Waals surface area contributed by atoms with E-state index in [4.69, 9.17) is 0 Å². The molecule has 1 aliphatic rings. The molecule has 4 nitrogen and oxygen atoms in total. The largest absolute Gasteiger partial charge is 0.370 e. The summed E-state index contributed by atoms with van der Waals surface area (Å²) in [5, 5.41) is 3.48. The zero-order valence-electron chi connectivity index (χ0n) is 13.9. The number of aromatic nitrogens is 2. The minimum Gasteiger partial charge on any atom is -0.370 e. The minimum absolute atomic E-state index is 0.581. The maximum atomic E-state index is 4.66. The average molecular weight is 290 g/mol. The number of rotatable bonds is 6. The first kappa shape index (κ1) is 16.1. The first-order valence-corrected chi connectivity index (χ1v) is 8.62. The summed E-state index contributed by atoms with van der Waals surface area (Å²) in [6.07, 6.45) is 10.2. The fraction of sp³-hybridized carbons (Fsp3) is 0.765. The van der Waals surface area contributed by atoms with E-state index in [2.05, 4.69) is 41.0 Å². The van der Waals surface area contributed by atoms with Crippen LogP contribution in [0.4, 0.5) is 11.6 Å². The monoisotopic (exact) mass is 290 g/mol. The van der Waals surface area contributed by atoms with Crippen LogP contribution in [0.25, 0.3) is 0 Å². The summed E-state index contributed by atoms with van der Waals surface area (Å²) in [7, 11) is 0. The molecule has 1 aromatic rings. The zero-order valence-corrected chi connectivity index (χ0v) is 13.9. The summed E-state index contributed by atoms with van der Waals surface area (Å²) in [5.74, 6) is 2.21. The maximum absolute atomic E-state index is 4.66. The quantitative estimate of drug-likeness (QED) is 0.859. The van der Waals surface area contributed by atoms with Gasteiger partial charge in [0.1, 0.15) is 18.0 Å². The van der Waals surface area contributed by atoms with Crippen LogP contribution in [0.2, 0.25) is 0 Å². The predicted octanol–water partition coefficient (Wildman–Crippen LogP) is 4.02.